The zero-order valence-electron chi connectivity index (χ0n) is 19.2. The Bertz CT molecular complexity index is 636. The van der Waals surface area contributed by atoms with Gasteiger partial charge in [-0.25, -0.2) is 9.59 Å². The van der Waals surface area contributed by atoms with Gasteiger partial charge in [-0.1, -0.05) is 103 Å². The van der Waals surface area contributed by atoms with Crippen LogP contribution in [0.25, 0.3) is 0 Å². The Morgan fingerprint density at radius 2 is 1.13 bits per heavy atom. The lowest BCUT2D eigenvalue weighted by molar-refractivity contribution is 0.0650. The smallest absolute Gasteiger partial charge is 0.336 e. The van der Waals surface area contributed by atoms with Crippen LogP contribution >= 0.6 is 0 Å². The lowest BCUT2D eigenvalue weighted by atomic mass is 9.90. The molecule has 1 rings (SSSR count). The molecule has 170 valence electrons. The normalized spacial score (nSPS) is 11.0. The highest BCUT2D eigenvalue weighted by Crippen LogP contribution is 2.24. The highest BCUT2D eigenvalue weighted by molar-refractivity contribution is 6.03. The summed E-state index contributed by atoms with van der Waals surface area (Å²) in [6.07, 6.45) is 19.2. The van der Waals surface area contributed by atoms with Gasteiger partial charge in [0.05, 0.1) is 11.1 Å². The Morgan fingerprint density at radius 1 is 0.633 bits per heavy atom. The van der Waals surface area contributed by atoms with E-state index in [1.165, 1.54) is 76.7 Å². The zero-order valence-corrected chi connectivity index (χ0v) is 19.2. The van der Waals surface area contributed by atoms with Crippen LogP contribution in [-0.4, -0.2) is 22.2 Å². The van der Waals surface area contributed by atoms with Gasteiger partial charge in [0.15, 0.2) is 0 Å². The van der Waals surface area contributed by atoms with Crippen LogP contribution in [0, 0.1) is 0 Å². The van der Waals surface area contributed by atoms with Crippen molar-refractivity contribution in [3.63, 3.8) is 0 Å². The molecular formula is C26H42O4. The molecular weight excluding hydrogens is 376 g/mol. The van der Waals surface area contributed by atoms with Crippen LogP contribution < -0.4 is 0 Å². The third-order valence-electron chi connectivity index (χ3n) is 5.90. The maximum absolute atomic E-state index is 11.7. The van der Waals surface area contributed by atoms with Crippen molar-refractivity contribution in [3.05, 3.63) is 34.4 Å². The topological polar surface area (TPSA) is 74.6 Å². The van der Waals surface area contributed by atoms with E-state index in [9.17, 15) is 19.8 Å². The summed E-state index contributed by atoms with van der Waals surface area (Å²) in [6.45, 7) is 4.25. The lowest BCUT2D eigenvalue weighted by Crippen LogP contribution is -2.14. The fourth-order valence-corrected chi connectivity index (χ4v) is 4.22. The molecule has 0 unspecified atom stereocenters. The number of unbranched alkanes of at least 4 members (excludes halogenated alkanes) is 12. The van der Waals surface area contributed by atoms with E-state index in [0.717, 1.165) is 31.2 Å². The van der Waals surface area contributed by atoms with Crippen molar-refractivity contribution < 1.29 is 19.8 Å². The molecule has 30 heavy (non-hydrogen) atoms. The van der Waals surface area contributed by atoms with Gasteiger partial charge in [-0.15, -0.1) is 0 Å². The molecule has 0 radical (unpaired) electrons. The fourth-order valence-electron chi connectivity index (χ4n) is 4.22. The minimum absolute atomic E-state index is 0.0171. The minimum atomic E-state index is -1.17. The number of aryl methyl sites for hydroxylation is 1. The van der Waals surface area contributed by atoms with Crippen molar-refractivity contribution in [2.75, 3.05) is 0 Å². The maximum atomic E-state index is 11.7. The molecule has 0 saturated carbocycles. The SMILES string of the molecule is CCCCCCCCCCCCCCCc1ccc(C(=O)O)c(C(=O)O)c1CCC. The first-order chi connectivity index (χ1) is 14.5. The van der Waals surface area contributed by atoms with Gasteiger partial charge >= 0.3 is 11.9 Å². The first kappa shape index (κ1) is 26.2. The van der Waals surface area contributed by atoms with Crippen molar-refractivity contribution in [1.29, 1.82) is 0 Å². The molecule has 0 aliphatic rings. The summed E-state index contributed by atoms with van der Waals surface area (Å²) >= 11 is 0. The van der Waals surface area contributed by atoms with E-state index in [4.69, 9.17) is 0 Å². The van der Waals surface area contributed by atoms with Gasteiger partial charge in [0.1, 0.15) is 0 Å². The van der Waals surface area contributed by atoms with Gasteiger partial charge in [0.25, 0.3) is 0 Å². The average Bonchev–Trinajstić information content (AvgIpc) is 2.71. The second kappa shape index (κ2) is 15.9. The monoisotopic (exact) mass is 418 g/mol. The average molecular weight is 419 g/mol. The third-order valence-corrected chi connectivity index (χ3v) is 5.90. The van der Waals surface area contributed by atoms with Crippen LogP contribution in [0.2, 0.25) is 0 Å². The Balaban J connectivity index is 2.34. The lowest BCUT2D eigenvalue weighted by Gasteiger charge is -2.14. The number of rotatable bonds is 18. The predicted octanol–water partition coefficient (Wildman–Crippen LogP) is 7.67. The summed E-state index contributed by atoms with van der Waals surface area (Å²) in [6, 6.07) is 3.28. The van der Waals surface area contributed by atoms with Crippen molar-refractivity contribution in [2.24, 2.45) is 0 Å². The van der Waals surface area contributed by atoms with Crippen LogP contribution in [-0.2, 0) is 12.8 Å². The Kier molecular flexibility index (Phi) is 13.9. The molecule has 0 atom stereocenters. The Labute approximate surface area is 183 Å². The molecule has 1 aromatic carbocycles. The molecule has 0 aromatic heterocycles. The van der Waals surface area contributed by atoms with Gasteiger partial charge in [-0.05, 0) is 36.5 Å². The number of benzene rings is 1. The molecule has 4 heteroatoms. The quantitative estimate of drug-likeness (QED) is 0.240. The second-order valence-corrected chi connectivity index (χ2v) is 8.48. The Morgan fingerprint density at radius 3 is 1.57 bits per heavy atom. The summed E-state index contributed by atoms with van der Waals surface area (Å²) in [5.41, 5.74) is 1.60. The van der Waals surface area contributed by atoms with Gasteiger partial charge in [-0.3, -0.25) is 0 Å². The van der Waals surface area contributed by atoms with Crippen LogP contribution in [0.3, 0.4) is 0 Å². The van der Waals surface area contributed by atoms with Crippen molar-refractivity contribution >= 4 is 11.9 Å². The van der Waals surface area contributed by atoms with Crippen LogP contribution in [0.1, 0.15) is 136 Å². The molecule has 0 aliphatic heterocycles. The number of carboxylic acids is 2. The molecule has 1 aromatic rings. The van der Waals surface area contributed by atoms with E-state index in [0.29, 0.717) is 12.0 Å². The van der Waals surface area contributed by atoms with Crippen molar-refractivity contribution in [2.45, 2.75) is 117 Å². The zero-order chi connectivity index (χ0) is 22.2. The number of aromatic carboxylic acids is 2. The van der Waals surface area contributed by atoms with Crippen LogP contribution in [0.5, 0.6) is 0 Å². The first-order valence-electron chi connectivity index (χ1n) is 12.1. The summed E-state index contributed by atoms with van der Waals surface area (Å²) in [4.78, 5) is 23.1. The number of carboxylic acid groups (broad SMARTS) is 2. The van der Waals surface area contributed by atoms with E-state index in [1.54, 1.807) is 0 Å². The largest absolute Gasteiger partial charge is 0.478 e. The van der Waals surface area contributed by atoms with Gasteiger partial charge < -0.3 is 10.2 Å². The molecule has 0 bridgehead atoms. The third kappa shape index (κ3) is 9.77. The summed E-state index contributed by atoms with van der Waals surface area (Å²) in [5, 5.41) is 18.9. The van der Waals surface area contributed by atoms with Gasteiger partial charge in [0, 0.05) is 0 Å². The molecule has 4 nitrogen and oxygen atoms in total. The minimum Gasteiger partial charge on any atom is -0.478 e. The first-order valence-corrected chi connectivity index (χ1v) is 12.1. The van der Waals surface area contributed by atoms with Crippen LogP contribution in [0.15, 0.2) is 12.1 Å². The summed E-state index contributed by atoms with van der Waals surface area (Å²) in [7, 11) is 0. The van der Waals surface area contributed by atoms with E-state index in [2.05, 4.69) is 6.92 Å². The van der Waals surface area contributed by atoms with Gasteiger partial charge in [-0.2, -0.15) is 0 Å². The summed E-state index contributed by atoms with van der Waals surface area (Å²) in [5.74, 6) is -2.31. The van der Waals surface area contributed by atoms with Crippen molar-refractivity contribution in [1.82, 2.24) is 0 Å². The number of hydrogen-bond acceptors (Lipinski definition) is 2. The molecule has 0 saturated heterocycles. The standard InChI is InChI=1S/C26H42O4/c1-3-5-6-7-8-9-10-11-12-13-14-15-16-18-21-19-20-23(25(27)28)24(26(29)30)22(21)17-4-2/h19-20H,3-18H2,1-2H3,(H,27,28)(H,29,30). The second-order valence-electron chi connectivity index (χ2n) is 8.48. The van der Waals surface area contributed by atoms with E-state index in [1.807, 2.05) is 13.0 Å². The molecule has 0 fully saturated rings. The molecule has 0 amide bonds. The van der Waals surface area contributed by atoms with E-state index >= 15 is 0 Å². The highest BCUT2D eigenvalue weighted by atomic mass is 16.4. The maximum Gasteiger partial charge on any atom is 0.336 e. The summed E-state index contributed by atoms with van der Waals surface area (Å²) < 4.78 is 0. The van der Waals surface area contributed by atoms with E-state index in [-0.39, 0.29) is 11.1 Å². The molecule has 2 N–H and O–H groups in total. The highest BCUT2D eigenvalue weighted by Gasteiger charge is 2.22. The Hall–Kier alpha value is -1.84. The van der Waals surface area contributed by atoms with E-state index < -0.39 is 11.9 Å². The number of hydrogen-bond donors (Lipinski definition) is 2. The molecule has 0 aliphatic carbocycles. The molecule has 0 heterocycles. The predicted molar refractivity (Wildman–Crippen MR) is 124 cm³/mol. The van der Waals surface area contributed by atoms with Crippen LogP contribution in [0.4, 0.5) is 0 Å². The fraction of sp³-hybridized carbons (Fsp3) is 0.692. The van der Waals surface area contributed by atoms with Crippen molar-refractivity contribution in [3.8, 4) is 0 Å². The van der Waals surface area contributed by atoms with Gasteiger partial charge in [0.2, 0.25) is 0 Å². The number of carbonyl (C=O) groups is 2. The molecule has 0 spiro atoms.